The molecule has 166 valence electrons. The molecule has 1 atom stereocenters. The quantitative estimate of drug-likeness (QED) is 0.437. The summed E-state index contributed by atoms with van der Waals surface area (Å²) in [5, 5.41) is 3.52. The van der Waals surface area contributed by atoms with E-state index in [0.717, 1.165) is 63.4 Å². The molecule has 2 heterocycles. The minimum Gasteiger partial charge on any atom is -0.466 e. The van der Waals surface area contributed by atoms with Gasteiger partial charge in [0.1, 0.15) is 5.82 Å². The first-order valence-electron chi connectivity index (χ1n) is 11.2. The van der Waals surface area contributed by atoms with Crippen molar-refractivity contribution in [2.75, 3.05) is 46.4 Å². The van der Waals surface area contributed by atoms with Gasteiger partial charge in [-0.3, -0.25) is 14.7 Å². The van der Waals surface area contributed by atoms with E-state index in [9.17, 15) is 9.18 Å². The maximum atomic E-state index is 13.9. The Morgan fingerprint density at radius 3 is 2.70 bits per heavy atom. The third-order valence-electron chi connectivity index (χ3n) is 6.16. The van der Waals surface area contributed by atoms with Crippen LogP contribution in [0.15, 0.2) is 29.3 Å². The zero-order valence-electron chi connectivity index (χ0n) is 18.3. The number of carbonyl (C=O) groups excluding carboxylic acids is 1. The van der Waals surface area contributed by atoms with E-state index in [0.29, 0.717) is 25.6 Å². The van der Waals surface area contributed by atoms with Crippen molar-refractivity contribution in [1.82, 2.24) is 15.1 Å². The average molecular weight is 419 g/mol. The van der Waals surface area contributed by atoms with Gasteiger partial charge in [0.05, 0.1) is 12.5 Å². The third-order valence-corrected chi connectivity index (χ3v) is 6.16. The van der Waals surface area contributed by atoms with Crippen LogP contribution in [0.25, 0.3) is 0 Å². The zero-order chi connectivity index (χ0) is 21.3. The average Bonchev–Trinajstić information content (AvgIpc) is 2.77. The molecule has 1 unspecified atom stereocenters. The van der Waals surface area contributed by atoms with Crippen molar-refractivity contribution in [2.24, 2.45) is 16.8 Å². The number of esters is 1. The van der Waals surface area contributed by atoms with Crippen molar-refractivity contribution < 1.29 is 13.9 Å². The molecule has 1 N–H and O–H groups in total. The van der Waals surface area contributed by atoms with Crippen molar-refractivity contribution >= 4 is 11.9 Å². The summed E-state index contributed by atoms with van der Waals surface area (Å²) in [4.78, 5) is 21.1. The molecule has 30 heavy (non-hydrogen) atoms. The lowest BCUT2D eigenvalue weighted by Gasteiger charge is -2.36. The largest absolute Gasteiger partial charge is 0.466 e. The van der Waals surface area contributed by atoms with E-state index in [-0.39, 0.29) is 17.7 Å². The van der Waals surface area contributed by atoms with E-state index >= 15 is 0 Å². The molecule has 0 aliphatic carbocycles. The first kappa shape index (κ1) is 22.5. The summed E-state index contributed by atoms with van der Waals surface area (Å²) in [6.45, 7) is 7.37. The Hall–Kier alpha value is -2.15. The molecule has 0 saturated carbocycles. The number of guanidine groups is 1. The summed E-state index contributed by atoms with van der Waals surface area (Å²) in [7, 11) is 1.80. The number of nitrogens with one attached hydrogen (secondary N) is 1. The van der Waals surface area contributed by atoms with Gasteiger partial charge in [-0.15, -0.1) is 0 Å². The van der Waals surface area contributed by atoms with Gasteiger partial charge >= 0.3 is 5.97 Å². The highest BCUT2D eigenvalue weighted by Gasteiger charge is 2.29. The fourth-order valence-corrected chi connectivity index (χ4v) is 4.41. The SMILES string of the molecule is CCOC(=O)C1CCCN(C(=NC)NCC2CCN(Cc3ccccc3F)CC2)C1. The smallest absolute Gasteiger partial charge is 0.310 e. The number of hydrogen-bond acceptors (Lipinski definition) is 4. The van der Waals surface area contributed by atoms with Gasteiger partial charge in [-0.2, -0.15) is 0 Å². The van der Waals surface area contributed by atoms with Crippen molar-refractivity contribution in [3.05, 3.63) is 35.6 Å². The predicted octanol–water partition coefficient (Wildman–Crippen LogP) is 2.89. The van der Waals surface area contributed by atoms with E-state index in [4.69, 9.17) is 4.74 Å². The second kappa shape index (κ2) is 11.3. The fourth-order valence-electron chi connectivity index (χ4n) is 4.41. The van der Waals surface area contributed by atoms with Crippen LogP contribution in [0.2, 0.25) is 0 Å². The van der Waals surface area contributed by atoms with Crippen molar-refractivity contribution in [3.63, 3.8) is 0 Å². The van der Waals surface area contributed by atoms with Gasteiger partial charge < -0.3 is 15.0 Å². The van der Waals surface area contributed by atoms with E-state index < -0.39 is 0 Å². The molecule has 0 radical (unpaired) electrons. The number of rotatable bonds is 6. The van der Waals surface area contributed by atoms with Crippen molar-refractivity contribution in [3.8, 4) is 0 Å². The molecule has 0 aromatic heterocycles. The molecule has 1 aromatic rings. The highest BCUT2D eigenvalue weighted by Crippen LogP contribution is 2.21. The molecule has 0 spiro atoms. The molecule has 2 fully saturated rings. The Kier molecular flexibility index (Phi) is 8.49. The minimum absolute atomic E-state index is 0.0705. The van der Waals surface area contributed by atoms with Crippen LogP contribution in [-0.2, 0) is 16.1 Å². The zero-order valence-corrected chi connectivity index (χ0v) is 18.3. The molecule has 2 saturated heterocycles. The summed E-state index contributed by atoms with van der Waals surface area (Å²) in [5.41, 5.74) is 0.774. The highest BCUT2D eigenvalue weighted by molar-refractivity contribution is 5.81. The van der Waals surface area contributed by atoms with E-state index in [1.807, 2.05) is 19.1 Å². The second-order valence-corrected chi connectivity index (χ2v) is 8.28. The first-order chi connectivity index (χ1) is 14.6. The standard InChI is InChI=1S/C23H35FN4O2/c1-3-30-22(29)20-8-6-12-28(17-20)23(25-2)26-15-18-10-13-27(14-11-18)16-19-7-4-5-9-21(19)24/h4-5,7,9,18,20H,3,6,8,10-17H2,1-2H3,(H,25,26). The van der Waals surface area contributed by atoms with Crippen molar-refractivity contribution in [1.29, 1.82) is 0 Å². The molecular formula is C23H35FN4O2. The van der Waals surface area contributed by atoms with Crippen LogP contribution in [-0.4, -0.2) is 68.1 Å². The number of piperidine rings is 2. The topological polar surface area (TPSA) is 57.2 Å². The number of carbonyl (C=O) groups is 1. The molecule has 0 amide bonds. The van der Waals surface area contributed by atoms with Gasteiger partial charge in [0.15, 0.2) is 5.96 Å². The highest BCUT2D eigenvalue weighted by atomic mass is 19.1. The van der Waals surface area contributed by atoms with Crippen LogP contribution < -0.4 is 5.32 Å². The van der Waals surface area contributed by atoms with Gasteiger partial charge in [0, 0.05) is 38.8 Å². The number of ether oxygens (including phenoxy) is 1. The summed E-state index contributed by atoms with van der Waals surface area (Å²) in [5.74, 6) is 1.16. The maximum absolute atomic E-state index is 13.9. The third kappa shape index (κ3) is 6.17. The maximum Gasteiger partial charge on any atom is 0.310 e. The van der Waals surface area contributed by atoms with Gasteiger partial charge in [-0.1, -0.05) is 18.2 Å². The normalized spacial score (nSPS) is 21.5. The van der Waals surface area contributed by atoms with E-state index in [1.165, 1.54) is 6.07 Å². The number of halogens is 1. The van der Waals surface area contributed by atoms with Crippen LogP contribution in [0, 0.1) is 17.7 Å². The van der Waals surface area contributed by atoms with E-state index in [2.05, 4.69) is 20.1 Å². The van der Waals surface area contributed by atoms with Gasteiger partial charge in [0.25, 0.3) is 0 Å². The van der Waals surface area contributed by atoms with Crippen LogP contribution in [0.3, 0.4) is 0 Å². The predicted molar refractivity (Wildman–Crippen MR) is 117 cm³/mol. The molecular weight excluding hydrogens is 383 g/mol. The summed E-state index contributed by atoms with van der Waals surface area (Å²) in [6, 6.07) is 7.04. The van der Waals surface area contributed by atoms with Crippen LogP contribution in [0.4, 0.5) is 4.39 Å². The number of benzene rings is 1. The summed E-state index contributed by atoms with van der Waals surface area (Å²) < 4.78 is 19.1. The first-order valence-corrected chi connectivity index (χ1v) is 11.2. The monoisotopic (exact) mass is 418 g/mol. The Labute approximate surface area is 179 Å². The second-order valence-electron chi connectivity index (χ2n) is 8.28. The van der Waals surface area contributed by atoms with Gasteiger partial charge in [0.2, 0.25) is 0 Å². The number of nitrogens with zero attached hydrogens (tertiary/aromatic N) is 3. The molecule has 6 nitrogen and oxygen atoms in total. The summed E-state index contributed by atoms with van der Waals surface area (Å²) >= 11 is 0. The molecule has 1 aromatic carbocycles. The van der Waals surface area contributed by atoms with Gasteiger partial charge in [-0.05, 0) is 57.7 Å². The lowest BCUT2D eigenvalue weighted by atomic mass is 9.96. The fraction of sp³-hybridized carbons (Fsp3) is 0.652. The molecule has 7 heteroatoms. The Bertz CT molecular complexity index is 719. The molecule has 2 aliphatic rings. The Morgan fingerprint density at radius 2 is 2.00 bits per heavy atom. The Balaban J connectivity index is 1.42. The van der Waals surface area contributed by atoms with Crippen LogP contribution in [0.1, 0.15) is 38.2 Å². The number of hydrogen-bond donors (Lipinski definition) is 1. The lowest BCUT2D eigenvalue weighted by Crippen LogP contribution is -2.49. The van der Waals surface area contributed by atoms with Gasteiger partial charge in [-0.25, -0.2) is 4.39 Å². The Morgan fingerprint density at radius 1 is 1.23 bits per heavy atom. The van der Waals surface area contributed by atoms with Crippen LogP contribution in [0.5, 0.6) is 0 Å². The lowest BCUT2D eigenvalue weighted by molar-refractivity contribution is -0.149. The summed E-state index contributed by atoms with van der Waals surface area (Å²) in [6.07, 6.45) is 4.03. The van der Waals surface area contributed by atoms with Crippen LogP contribution >= 0.6 is 0 Å². The molecule has 2 aliphatic heterocycles. The molecule has 0 bridgehead atoms. The molecule has 3 rings (SSSR count). The minimum atomic E-state index is -0.118. The number of likely N-dealkylation sites (tertiary alicyclic amines) is 2. The number of aliphatic imine (C=N–C) groups is 1. The van der Waals surface area contributed by atoms with E-state index in [1.54, 1.807) is 13.1 Å². The van der Waals surface area contributed by atoms with Crippen molar-refractivity contribution in [2.45, 2.75) is 39.2 Å².